The molecule has 1 aromatic carbocycles. The number of hydrogen-bond acceptors (Lipinski definition) is 3. The average Bonchev–Trinajstić information content (AvgIpc) is 2.42. The van der Waals surface area contributed by atoms with Crippen molar-refractivity contribution in [3.63, 3.8) is 0 Å². The molecule has 1 aliphatic carbocycles. The molecule has 102 valence electrons. The number of nitrogens with zero attached hydrogens (tertiary/aromatic N) is 1. The first-order chi connectivity index (χ1) is 9.11. The SMILES string of the molecule is Cc1cc(C(C#N)NC2CCCCC2)cc(C)c1O. The van der Waals surface area contributed by atoms with Gasteiger partial charge in [0.1, 0.15) is 11.8 Å². The van der Waals surface area contributed by atoms with Gasteiger partial charge in [0.2, 0.25) is 0 Å². The van der Waals surface area contributed by atoms with Crippen molar-refractivity contribution in [2.75, 3.05) is 0 Å². The second-order valence-corrected chi connectivity index (χ2v) is 5.57. The summed E-state index contributed by atoms with van der Waals surface area (Å²) in [5.41, 5.74) is 2.63. The third-order valence-electron chi connectivity index (χ3n) is 3.98. The molecule has 1 fully saturated rings. The van der Waals surface area contributed by atoms with Gasteiger partial charge in [-0.2, -0.15) is 5.26 Å². The normalized spacial score (nSPS) is 17.9. The van der Waals surface area contributed by atoms with E-state index < -0.39 is 0 Å². The predicted octanol–water partition coefficient (Wildman–Crippen LogP) is 3.50. The number of rotatable bonds is 3. The van der Waals surface area contributed by atoms with E-state index in [-0.39, 0.29) is 6.04 Å². The lowest BCUT2D eigenvalue weighted by atomic mass is 9.93. The van der Waals surface area contributed by atoms with Gasteiger partial charge >= 0.3 is 0 Å². The number of benzene rings is 1. The molecule has 0 bridgehead atoms. The maximum absolute atomic E-state index is 9.80. The summed E-state index contributed by atoms with van der Waals surface area (Å²) in [5.74, 6) is 0.332. The molecule has 0 amide bonds. The highest BCUT2D eigenvalue weighted by atomic mass is 16.3. The molecule has 0 spiro atoms. The quantitative estimate of drug-likeness (QED) is 0.872. The van der Waals surface area contributed by atoms with E-state index in [2.05, 4.69) is 11.4 Å². The van der Waals surface area contributed by atoms with Crippen LogP contribution in [0.3, 0.4) is 0 Å². The molecule has 19 heavy (non-hydrogen) atoms. The molecule has 0 aromatic heterocycles. The Kier molecular flexibility index (Phi) is 4.44. The number of phenolic OH excluding ortho intramolecular Hbond substituents is 1. The zero-order valence-electron chi connectivity index (χ0n) is 11.7. The third kappa shape index (κ3) is 3.27. The van der Waals surface area contributed by atoms with Crippen molar-refractivity contribution in [3.05, 3.63) is 28.8 Å². The number of nitriles is 1. The molecule has 3 heteroatoms. The molecule has 1 atom stereocenters. The molecule has 1 aliphatic rings. The fraction of sp³-hybridized carbons (Fsp3) is 0.562. The van der Waals surface area contributed by atoms with Gasteiger partial charge in [-0.25, -0.2) is 0 Å². The van der Waals surface area contributed by atoms with E-state index in [1.165, 1.54) is 19.3 Å². The Balaban J connectivity index is 2.15. The van der Waals surface area contributed by atoms with Crippen LogP contribution in [-0.4, -0.2) is 11.1 Å². The van der Waals surface area contributed by atoms with E-state index in [1.54, 1.807) is 0 Å². The van der Waals surface area contributed by atoms with Crippen molar-refractivity contribution in [3.8, 4) is 11.8 Å². The summed E-state index contributed by atoms with van der Waals surface area (Å²) < 4.78 is 0. The second kappa shape index (κ2) is 6.08. The fourth-order valence-corrected chi connectivity index (χ4v) is 2.87. The highest BCUT2D eigenvalue weighted by Crippen LogP contribution is 2.27. The average molecular weight is 258 g/mol. The Bertz CT molecular complexity index is 461. The summed E-state index contributed by atoms with van der Waals surface area (Å²) in [6.45, 7) is 3.75. The van der Waals surface area contributed by atoms with Crippen LogP contribution in [0, 0.1) is 25.2 Å². The minimum Gasteiger partial charge on any atom is -0.507 e. The standard InChI is InChI=1S/C16H22N2O/c1-11-8-13(9-12(2)16(11)19)15(10-17)18-14-6-4-3-5-7-14/h8-9,14-15,18-19H,3-7H2,1-2H3. The summed E-state index contributed by atoms with van der Waals surface area (Å²) in [4.78, 5) is 0. The Labute approximate surface area is 115 Å². The second-order valence-electron chi connectivity index (χ2n) is 5.57. The molecule has 0 heterocycles. The minimum atomic E-state index is -0.277. The van der Waals surface area contributed by atoms with Gasteiger partial charge in [-0.15, -0.1) is 0 Å². The van der Waals surface area contributed by atoms with Gasteiger partial charge in [-0.3, -0.25) is 5.32 Å². The summed E-state index contributed by atoms with van der Waals surface area (Å²) >= 11 is 0. The van der Waals surface area contributed by atoms with Crippen LogP contribution in [0.4, 0.5) is 0 Å². The highest BCUT2D eigenvalue weighted by molar-refractivity contribution is 5.44. The van der Waals surface area contributed by atoms with Crippen molar-refractivity contribution in [2.45, 2.75) is 58.0 Å². The van der Waals surface area contributed by atoms with Gasteiger partial charge in [0.15, 0.2) is 0 Å². The summed E-state index contributed by atoms with van der Waals surface area (Å²) in [5, 5.41) is 22.6. The van der Waals surface area contributed by atoms with E-state index in [0.29, 0.717) is 11.8 Å². The number of hydrogen-bond donors (Lipinski definition) is 2. The summed E-state index contributed by atoms with van der Waals surface area (Å²) in [6, 6.07) is 6.34. The van der Waals surface area contributed by atoms with Crippen LogP contribution in [-0.2, 0) is 0 Å². The van der Waals surface area contributed by atoms with Crippen LogP contribution in [0.25, 0.3) is 0 Å². The van der Waals surface area contributed by atoms with Crippen molar-refractivity contribution < 1.29 is 5.11 Å². The summed E-state index contributed by atoms with van der Waals surface area (Å²) in [7, 11) is 0. The van der Waals surface area contributed by atoms with Gasteiger partial charge in [-0.1, -0.05) is 19.3 Å². The van der Waals surface area contributed by atoms with Crippen LogP contribution in [0.5, 0.6) is 5.75 Å². The number of aryl methyl sites for hydroxylation is 2. The van der Waals surface area contributed by atoms with E-state index in [4.69, 9.17) is 0 Å². The zero-order valence-corrected chi connectivity index (χ0v) is 11.7. The third-order valence-corrected chi connectivity index (χ3v) is 3.98. The topological polar surface area (TPSA) is 56.0 Å². The van der Waals surface area contributed by atoms with Gasteiger partial charge in [0.05, 0.1) is 6.07 Å². The monoisotopic (exact) mass is 258 g/mol. The molecule has 2 N–H and O–H groups in total. The summed E-state index contributed by atoms with van der Waals surface area (Å²) in [6.07, 6.45) is 6.14. The number of aromatic hydroxyl groups is 1. The van der Waals surface area contributed by atoms with Gasteiger partial charge in [-0.05, 0) is 55.5 Å². The smallest absolute Gasteiger partial charge is 0.121 e. The zero-order chi connectivity index (χ0) is 13.8. The first-order valence-electron chi connectivity index (χ1n) is 7.07. The molecular weight excluding hydrogens is 236 g/mol. The molecule has 1 unspecified atom stereocenters. The van der Waals surface area contributed by atoms with Crippen LogP contribution in [0.15, 0.2) is 12.1 Å². The van der Waals surface area contributed by atoms with Gasteiger partial charge in [0.25, 0.3) is 0 Å². The van der Waals surface area contributed by atoms with Crippen LogP contribution >= 0.6 is 0 Å². The molecule has 1 saturated carbocycles. The maximum atomic E-state index is 9.80. The number of nitrogens with one attached hydrogen (secondary N) is 1. The molecule has 3 nitrogen and oxygen atoms in total. The lowest BCUT2D eigenvalue weighted by molar-refractivity contribution is 0.359. The van der Waals surface area contributed by atoms with E-state index in [9.17, 15) is 10.4 Å². The van der Waals surface area contributed by atoms with Crippen molar-refractivity contribution in [1.82, 2.24) is 5.32 Å². The first kappa shape index (κ1) is 13.9. The van der Waals surface area contributed by atoms with Crippen molar-refractivity contribution in [2.24, 2.45) is 0 Å². The van der Waals surface area contributed by atoms with E-state index in [0.717, 1.165) is 29.5 Å². The van der Waals surface area contributed by atoms with Gasteiger partial charge < -0.3 is 5.11 Å². The molecule has 0 saturated heterocycles. The molecule has 0 radical (unpaired) electrons. The minimum absolute atomic E-state index is 0.277. The highest BCUT2D eigenvalue weighted by Gasteiger charge is 2.19. The van der Waals surface area contributed by atoms with Crippen molar-refractivity contribution in [1.29, 1.82) is 5.26 Å². The lowest BCUT2D eigenvalue weighted by Gasteiger charge is -2.26. The van der Waals surface area contributed by atoms with Crippen molar-refractivity contribution >= 4 is 0 Å². The molecule has 1 aromatic rings. The van der Waals surface area contributed by atoms with Gasteiger partial charge in [0, 0.05) is 6.04 Å². The molecular formula is C16H22N2O. The van der Waals surface area contributed by atoms with E-state index in [1.807, 2.05) is 26.0 Å². The fourth-order valence-electron chi connectivity index (χ4n) is 2.87. The Morgan fingerprint density at radius 3 is 2.32 bits per heavy atom. The lowest BCUT2D eigenvalue weighted by Crippen LogP contribution is -2.33. The first-order valence-corrected chi connectivity index (χ1v) is 7.07. The Morgan fingerprint density at radius 2 is 1.79 bits per heavy atom. The van der Waals surface area contributed by atoms with Crippen LogP contribution < -0.4 is 5.32 Å². The predicted molar refractivity (Wildman–Crippen MR) is 75.9 cm³/mol. The Hall–Kier alpha value is -1.53. The van der Waals surface area contributed by atoms with E-state index >= 15 is 0 Å². The number of phenols is 1. The van der Waals surface area contributed by atoms with Crippen LogP contribution in [0.2, 0.25) is 0 Å². The molecule has 2 rings (SSSR count). The Morgan fingerprint density at radius 1 is 1.21 bits per heavy atom. The molecule has 0 aliphatic heterocycles. The maximum Gasteiger partial charge on any atom is 0.121 e. The van der Waals surface area contributed by atoms with Crippen LogP contribution in [0.1, 0.15) is 54.8 Å². The largest absolute Gasteiger partial charge is 0.507 e.